The van der Waals surface area contributed by atoms with Gasteiger partial charge in [-0.2, -0.15) is 0 Å². The molecule has 0 heterocycles. The summed E-state index contributed by atoms with van der Waals surface area (Å²) in [6.07, 6.45) is 6.39. The molecule has 0 rings (SSSR count). The highest BCUT2D eigenvalue weighted by Crippen LogP contribution is 2.00. The van der Waals surface area contributed by atoms with E-state index in [9.17, 15) is 0 Å². The van der Waals surface area contributed by atoms with Gasteiger partial charge in [0, 0.05) is 13.3 Å². The Bertz CT molecular complexity index is 207. The van der Waals surface area contributed by atoms with Crippen molar-refractivity contribution in [2.75, 3.05) is 40.3 Å². The van der Waals surface area contributed by atoms with Crippen molar-refractivity contribution in [3.05, 3.63) is 12.8 Å². The molecule has 0 saturated carbocycles. The lowest BCUT2D eigenvalue weighted by Gasteiger charge is -2.28. The predicted octanol–water partition coefficient (Wildman–Crippen LogP) is 0.332. The molecule has 0 aromatic rings. The smallest absolute Gasteiger partial charge is 0.161 e. The van der Waals surface area contributed by atoms with E-state index >= 15 is 0 Å². The lowest BCUT2D eigenvalue weighted by atomic mass is 10.3. The van der Waals surface area contributed by atoms with Crippen LogP contribution < -0.4 is 5.73 Å². The average molecular weight is 214 g/mol. The third kappa shape index (κ3) is 7.28. The van der Waals surface area contributed by atoms with E-state index < -0.39 is 0 Å². The van der Waals surface area contributed by atoms with E-state index in [0.29, 0.717) is 0 Å². The molecule has 88 valence electrons. The maximum atomic E-state index is 3.89. The van der Waals surface area contributed by atoms with Crippen LogP contribution in [-0.4, -0.2) is 55.5 Å². The Labute approximate surface area is 94.5 Å². The fraction of sp³-hybridized carbons (Fsp3) is 0.750. The first kappa shape index (κ1) is 14.3. The topological polar surface area (TPSA) is 30.6 Å². The van der Waals surface area contributed by atoms with Crippen LogP contribution in [0.4, 0.5) is 0 Å². The Balaban J connectivity index is 3.78. The van der Waals surface area contributed by atoms with Gasteiger partial charge in [-0.1, -0.05) is 0 Å². The van der Waals surface area contributed by atoms with Gasteiger partial charge in [0.05, 0.1) is 40.2 Å². The number of quaternary nitrogens is 2. The molecule has 0 aromatic carbocycles. The van der Waals surface area contributed by atoms with Crippen LogP contribution in [-0.2, 0) is 0 Å². The molecule has 0 spiro atoms. The van der Waals surface area contributed by atoms with Gasteiger partial charge < -0.3 is 10.2 Å². The van der Waals surface area contributed by atoms with Crippen molar-refractivity contribution in [2.24, 2.45) is 0 Å². The van der Waals surface area contributed by atoms with Crippen molar-refractivity contribution in [3.8, 4) is 0 Å². The molecular formula is C12H28N3+3. The second kappa shape index (κ2) is 7.60. The Morgan fingerprint density at radius 3 is 2.33 bits per heavy atom. The van der Waals surface area contributed by atoms with Crippen LogP contribution in [0.3, 0.4) is 0 Å². The summed E-state index contributed by atoms with van der Waals surface area (Å²) in [5.74, 6) is 0. The van der Waals surface area contributed by atoms with E-state index in [-0.39, 0.29) is 0 Å². The second-order valence-corrected chi connectivity index (χ2v) is 4.62. The minimum absolute atomic E-state index is 1.04. The minimum atomic E-state index is 1.04. The average Bonchev–Trinajstić information content (AvgIpc) is 2.22. The van der Waals surface area contributed by atoms with Gasteiger partial charge >= 0.3 is 0 Å². The molecule has 0 saturated heterocycles. The molecule has 0 radical (unpaired) electrons. The third-order valence-corrected chi connectivity index (χ3v) is 2.76. The highest BCUT2D eigenvalue weighted by atomic mass is 15.3. The lowest BCUT2D eigenvalue weighted by Crippen LogP contribution is -2.53. The fourth-order valence-corrected chi connectivity index (χ4v) is 1.66. The quantitative estimate of drug-likeness (QED) is 0.343. The van der Waals surface area contributed by atoms with E-state index in [1.807, 2.05) is 13.1 Å². The van der Waals surface area contributed by atoms with Gasteiger partial charge in [-0.05, 0) is 6.58 Å². The van der Waals surface area contributed by atoms with Crippen molar-refractivity contribution < 1.29 is 14.8 Å². The van der Waals surface area contributed by atoms with E-state index in [1.165, 1.54) is 25.9 Å². The summed E-state index contributed by atoms with van der Waals surface area (Å²) in [5, 5.41) is 0. The summed E-state index contributed by atoms with van der Waals surface area (Å²) in [5.41, 5.74) is 3.89. The van der Waals surface area contributed by atoms with Crippen LogP contribution in [0.1, 0.15) is 19.8 Å². The Morgan fingerprint density at radius 1 is 1.27 bits per heavy atom. The summed E-state index contributed by atoms with van der Waals surface area (Å²) in [4.78, 5) is 0. The minimum Gasteiger partial charge on any atom is -0.357 e. The number of nitrogens with zero attached hydrogens (tertiary/aromatic N) is 2. The lowest BCUT2D eigenvalue weighted by molar-refractivity contribution is -0.891. The Hall–Kier alpha value is -0.670. The molecule has 3 nitrogen and oxygen atoms in total. The van der Waals surface area contributed by atoms with Crippen LogP contribution in [0.2, 0.25) is 0 Å². The third-order valence-electron chi connectivity index (χ3n) is 2.76. The normalized spacial score (nSPS) is 12.9. The molecule has 0 aliphatic carbocycles. The highest BCUT2D eigenvalue weighted by Gasteiger charge is 2.14. The van der Waals surface area contributed by atoms with Crippen molar-refractivity contribution in [1.82, 2.24) is 0 Å². The van der Waals surface area contributed by atoms with Crippen LogP contribution >= 0.6 is 0 Å². The standard InChI is InChI=1S/C12H27N3/c1-5-14(6-2)10-8-12-15(3,4)11-7-9-13/h5-6H,1,7-13H2,2-4H3/q+2/p+1. The van der Waals surface area contributed by atoms with Gasteiger partial charge in [0.1, 0.15) is 6.21 Å². The molecular weight excluding hydrogens is 186 g/mol. The number of hydrogen-bond donors (Lipinski definition) is 1. The molecule has 0 aliphatic rings. The van der Waals surface area contributed by atoms with Gasteiger partial charge in [0.15, 0.2) is 12.7 Å². The van der Waals surface area contributed by atoms with Gasteiger partial charge in [0.2, 0.25) is 0 Å². The predicted molar refractivity (Wildman–Crippen MR) is 65.9 cm³/mol. The van der Waals surface area contributed by atoms with E-state index in [2.05, 4.69) is 37.2 Å². The second-order valence-electron chi connectivity index (χ2n) is 4.62. The SMILES string of the molecule is C=C[N+](=CC)CCC[N+](C)(C)CCC[NH3+]. The zero-order valence-electron chi connectivity index (χ0n) is 10.7. The van der Waals surface area contributed by atoms with Crippen molar-refractivity contribution in [2.45, 2.75) is 19.8 Å². The summed E-state index contributed by atoms with van der Waals surface area (Å²) in [7, 11) is 4.59. The number of rotatable bonds is 8. The molecule has 0 fully saturated rings. The summed E-state index contributed by atoms with van der Waals surface area (Å²) in [6, 6.07) is 0. The number of hydrogen-bond acceptors (Lipinski definition) is 0. The molecule has 3 heteroatoms. The van der Waals surface area contributed by atoms with Gasteiger partial charge in [-0.25, -0.2) is 4.58 Å². The van der Waals surface area contributed by atoms with Gasteiger partial charge in [-0.3, -0.25) is 0 Å². The van der Waals surface area contributed by atoms with E-state index in [4.69, 9.17) is 0 Å². The first-order chi connectivity index (χ1) is 7.05. The van der Waals surface area contributed by atoms with E-state index in [0.717, 1.165) is 17.6 Å². The molecule has 15 heavy (non-hydrogen) atoms. The summed E-state index contributed by atoms with van der Waals surface area (Å²) >= 11 is 0. The van der Waals surface area contributed by atoms with Crippen LogP contribution in [0.15, 0.2) is 12.8 Å². The summed E-state index contributed by atoms with van der Waals surface area (Å²) in [6.45, 7) is 10.4. The largest absolute Gasteiger partial charge is 0.357 e. The van der Waals surface area contributed by atoms with Gasteiger partial charge in [0.25, 0.3) is 0 Å². The molecule has 0 bridgehead atoms. The van der Waals surface area contributed by atoms with Crippen LogP contribution in [0.5, 0.6) is 0 Å². The fourth-order valence-electron chi connectivity index (χ4n) is 1.66. The van der Waals surface area contributed by atoms with Crippen molar-refractivity contribution >= 4 is 6.21 Å². The molecule has 0 aromatic heterocycles. The Morgan fingerprint density at radius 2 is 1.87 bits per heavy atom. The van der Waals surface area contributed by atoms with Crippen LogP contribution in [0.25, 0.3) is 0 Å². The van der Waals surface area contributed by atoms with E-state index in [1.54, 1.807) is 0 Å². The molecule has 0 atom stereocenters. The zero-order chi connectivity index (χ0) is 11.7. The summed E-state index contributed by atoms with van der Waals surface area (Å²) < 4.78 is 3.24. The highest BCUT2D eigenvalue weighted by molar-refractivity contribution is 5.47. The zero-order valence-corrected chi connectivity index (χ0v) is 10.7. The molecule has 0 unspecified atom stereocenters. The molecule has 0 aliphatic heterocycles. The molecule has 0 amide bonds. The van der Waals surface area contributed by atoms with Gasteiger partial charge in [-0.15, -0.1) is 0 Å². The maximum absolute atomic E-state index is 3.89. The first-order valence-electron chi connectivity index (χ1n) is 5.85. The first-order valence-corrected chi connectivity index (χ1v) is 5.85. The van der Waals surface area contributed by atoms with Crippen LogP contribution in [0, 0.1) is 0 Å². The van der Waals surface area contributed by atoms with Crippen molar-refractivity contribution in [1.29, 1.82) is 0 Å². The maximum Gasteiger partial charge on any atom is 0.161 e. The van der Waals surface area contributed by atoms with Crippen molar-refractivity contribution in [3.63, 3.8) is 0 Å². The molecule has 3 N–H and O–H groups in total. The Kier molecular flexibility index (Phi) is 7.26. The monoisotopic (exact) mass is 214 g/mol.